The highest BCUT2D eigenvalue weighted by molar-refractivity contribution is 6.00. The molecule has 3 fully saturated rings. The Morgan fingerprint density at radius 2 is 1.63 bits per heavy atom. The van der Waals surface area contributed by atoms with Gasteiger partial charge in [-0.2, -0.15) is 0 Å². The van der Waals surface area contributed by atoms with Gasteiger partial charge in [0.1, 0.15) is 17.3 Å². The van der Waals surface area contributed by atoms with Crippen LogP contribution >= 0.6 is 0 Å². The van der Waals surface area contributed by atoms with Crippen LogP contribution in [0.4, 0.5) is 0 Å². The second kappa shape index (κ2) is 9.08. The minimum atomic E-state index is -1.84. The number of hydrogen-bond donors (Lipinski definition) is 6. The van der Waals surface area contributed by atoms with Crippen LogP contribution in [-0.4, -0.2) is 83.1 Å². The van der Waals surface area contributed by atoms with Crippen molar-refractivity contribution in [3.8, 4) is 0 Å². The highest BCUT2D eigenvalue weighted by Crippen LogP contribution is 2.69. The highest BCUT2D eigenvalue weighted by Gasteiger charge is 2.72. The smallest absolute Gasteiger partial charge is 0.303 e. The van der Waals surface area contributed by atoms with E-state index < -0.39 is 75.1 Å². The summed E-state index contributed by atoms with van der Waals surface area (Å²) in [6, 6.07) is 0. The molecule has 0 unspecified atom stereocenters. The highest BCUT2D eigenvalue weighted by atomic mass is 16.6. The van der Waals surface area contributed by atoms with Gasteiger partial charge >= 0.3 is 5.97 Å². The molecule has 9 heteroatoms. The molecular weight excluding hydrogens is 492 g/mol. The van der Waals surface area contributed by atoms with Crippen molar-refractivity contribution in [2.45, 2.75) is 134 Å². The minimum absolute atomic E-state index is 0.0256. The molecule has 0 aromatic carbocycles. The summed E-state index contributed by atoms with van der Waals surface area (Å²) >= 11 is 0. The molecule has 0 aromatic rings. The number of hydrogen-bond acceptors (Lipinski definition) is 9. The van der Waals surface area contributed by atoms with E-state index in [2.05, 4.69) is 0 Å². The van der Waals surface area contributed by atoms with Gasteiger partial charge < -0.3 is 35.4 Å². The van der Waals surface area contributed by atoms with E-state index in [0.717, 1.165) is 0 Å². The molecule has 0 radical (unpaired) electrons. The van der Waals surface area contributed by atoms with E-state index in [0.29, 0.717) is 31.3 Å². The predicted molar refractivity (Wildman–Crippen MR) is 138 cm³/mol. The average molecular weight is 539 g/mol. The molecule has 4 rings (SSSR count). The first-order valence-corrected chi connectivity index (χ1v) is 13.9. The number of ether oxygens (including phenoxy) is 1. The normalized spacial score (nSPS) is 45.3. The Bertz CT molecular complexity index is 1010. The Morgan fingerprint density at radius 1 is 1.03 bits per heavy atom. The first-order valence-electron chi connectivity index (χ1n) is 13.9. The summed E-state index contributed by atoms with van der Waals surface area (Å²) in [4.78, 5) is 25.4. The molecule has 38 heavy (non-hydrogen) atoms. The van der Waals surface area contributed by atoms with Gasteiger partial charge in [-0.05, 0) is 89.2 Å². The molecule has 10 atom stereocenters. The molecular formula is C29H46O9. The Kier molecular flexibility index (Phi) is 7.07. The number of ketones is 1. The lowest BCUT2D eigenvalue weighted by Crippen LogP contribution is -2.69. The lowest BCUT2D eigenvalue weighted by Gasteiger charge is -2.62. The number of carbonyl (C=O) groups is 2. The van der Waals surface area contributed by atoms with E-state index in [-0.39, 0.29) is 25.7 Å². The van der Waals surface area contributed by atoms with Crippen molar-refractivity contribution in [2.75, 3.05) is 0 Å². The van der Waals surface area contributed by atoms with E-state index >= 15 is 0 Å². The second-order valence-corrected chi connectivity index (χ2v) is 13.9. The molecule has 0 aliphatic heterocycles. The first-order chi connectivity index (χ1) is 17.2. The van der Waals surface area contributed by atoms with E-state index in [1.54, 1.807) is 27.7 Å². The second-order valence-electron chi connectivity index (χ2n) is 13.9. The molecule has 6 N–H and O–H groups in total. The van der Waals surface area contributed by atoms with Crippen LogP contribution in [-0.2, 0) is 14.3 Å². The lowest BCUT2D eigenvalue weighted by molar-refractivity contribution is -0.213. The van der Waals surface area contributed by atoms with Gasteiger partial charge in [0.2, 0.25) is 0 Å². The largest absolute Gasteiger partial charge is 0.459 e. The first kappa shape index (κ1) is 29.6. The maximum atomic E-state index is 13.4. The monoisotopic (exact) mass is 538 g/mol. The van der Waals surface area contributed by atoms with Crippen LogP contribution in [0, 0.1) is 22.7 Å². The van der Waals surface area contributed by atoms with E-state index in [1.165, 1.54) is 13.0 Å². The van der Waals surface area contributed by atoms with Gasteiger partial charge in [0.05, 0.1) is 23.4 Å². The molecule has 0 heterocycles. The summed E-state index contributed by atoms with van der Waals surface area (Å²) in [6.07, 6.45) is 0.106. The van der Waals surface area contributed by atoms with Crippen molar-refractivity contribution in [3.63, 3.8) is 0 Å². The van der Waals surface area contributed by atoms with Gasteiger partial charge in [-0.25, -0.2) is 0 Å². The summed E-state index contributed by atoms with van der Waals surface area (Å²) in [7, 11) is 0. The van der Waals surface area contributed by atoms with Crippen LogP contribution < -0.4 is 0 Å². The number of esters is 1. The third-order valence-corrected chi connectivity index (χ3v) is 11.0. The van der Waals surface area contributed by atoms with Crippen molar-refractivity contribution in [2.24, 2.45) is 22.7 Å². The quantitative estimate of drug-likeness (QED) is 0.275. The van der Waals surface area contributed by atoms with Crippen LogP contribution in [0.5, 0.6) is 0 Å². The molecule has 0 bridgehead atoms. The zero-order valence-electron chi connectivity index (χ0n) is 23.5. The topological polar surface area (TPSA) is 165 Å². The Morgan fingerprint density at radius 3 is 2.21 bits per heavy atom. The Labute approximate surface area is 224 Å². The zero-order chi connectivity index (χ0) is 28.7. The maximum Gasteiger partial charge on any atom is 0.303 e. The standard InChI is InChI=1S/C29H46O9/c1-16(30)38-23(9-10-24(2,3)34)27(6,35)21-8-12-28(36)18-13-22(33)29(37)15-20(32)19(31)14-26(29,5)17(18)7-11-25(21,28)4/h13,17,19-21,23,31-32,34-37H,7-12,14-15H2,1-6H3/t17-,19-,20+,21-,23+,25+,26+,27+,28+,29+/m0/s1. The van der Waals surface area contributed by atoms with Gasteiger partial charge in [-0.3, -0.25) is 9.59 Å². The van der Waals surface area contributed by atoms with Crippen LogP contribution in [0.1, 0.15) is 92.9 Å². The van der Waals surface area contributed by atoms with Crippen molar-refractivity contribution in [3.05, 3.63) is 11.6 Å². The molecule has 0 aromatic heterocycles. The summed E-state index contributed by atoms with van der Waals surface area (Å²) < 4.78 is 5.59. The van der Waals surface area contributed by atoms with Crippen LogP contribution in [0.25, 0.3) is 0 Å². The molecule has 4 aliphatic carbocycles. The molecule has 9 nitrogen and oxygen atoms in total. The molecule has 0 saturated heterocycles. The third kappa shape index (κ3) is 4.20. The van der Waals surface area contributed by atoms with Crippen molar-refractivity contribution in [1.29, 1.82) is 0 Å². The van der Waals surface area contributed by atoms with Gasteiger partial charge in [0.15, 0.2) is 5.78 Å². The fourth-order valence-electron chi connectivity index (χ4n) is 8.67. The number of rotatable bonds is 6. The van der Waals surface area contributed by atoms with Gasteiger partial charge in [0.25, 0.3) is 0 Å². The molecule has 3 saturated carbocycles. The van der Waals surface area contributed by atoms with Crippen LogP contribution in [0.15, 0.2) is 11.6 Å². The Hall–Kier alpha value is -1.36. The lowest BCUT2D eigenvalue weighted by atomic mass is 9.44. The predicted octanol–water partition coefficient (Wildman–Crippen LogP) is 1.54. The summed E-state index contributed by atoms with van der Waals surface area (Å²) in [5.74, 6) is -2.00. The number of aliphatic hydroxyl groups excluding tert-OH is 2. The Balaban J connectivity index is 1.72. The zero-order valence-corrected chi connectivity index (χ0v) is 23.5. The van der Waals surface area contributed by atoms with Crippen LogP contribution in [0.2, 0.25) is 0 Å². The van der Waals surface area contributed by atoms with Crippen molar-refractivity contribution < 1.29 is 45.0 Å². The van der Waals surface area contributed by atoms with E-state index in [9.17, 15) is 40.2 Å². The van der Waals surface area contributed by atoms with E-state index in [1.807, 2.05) is 6.92 Å². The van der Waals surface area contributed by atoms with Crippen molar-refractivity contribution >= 4 is 11.8 Å². The fourth-order valence-corrected chi connectivity index (χ4v) is 8.67. The number of carbonyl (C=O) groups excluding carboxylic acids is 2. The molecule has 0 amide bonds. The molecule has 0 spiro atoms. The minimum Gasteiger partial charge on any atom is -0.459 e. The number of aliphatic hydroxyl groups is 6. The van der Waals surface area contributed by atoms with Crippen molar-refractivity contribution in [1.82, 2.24) is 0 Å². The maximum absolute atomic E-state index is 13.4. The van der Waals surface area contributed by atoms with Gasteiger partial charge in [0, 0.05) is 24.2 Å². The third-order valence-electron chi connectivity index (χ3n) is 11.0. The van der Waals surface area contributed by atoms with Crippen LogP contribution in [0.3, 0.4) is 0 Å². The molecule has 216 valence electrons. The molecule has 4 aliphatic rings. The summed E-state index contributed by atoms with van der Waals surface area (Å²) in [5.41, 5.74) is -7.27. The number of fused-ring (bicyclic) bond motifs is 5. The fraction of sp³-hybridized carbons (Fsp3) is 0.862. The van der Waals surface area contributed by atoms with Gasteiger partial charge in [-0.15, -0.1) is 0 Å². The summed E-state index contributed by atoms with van der Waals surface area (Å²) in [5, 5.41) is 67.0. The van der Waals surface area contributed by atoms with Gasteiger partial charge in [-0.1, -0.05) is 13.8 Å². The average Bonchev–Trinajstić information content (AvgIpc) is 3.06. The summed E-state index contributed by atoms with van der Waals surface area (Å²) in [6.45, 7) is 9.88. The SMILES string of the molecule is CC(=O)O[C@H](CCC(C)(C)O)[C@](C)(O)[C@H]1CC[C@@]2(O)C3=CC(=O)[C@]4(O)C[C@@H](O)[C@@H](O)C[C@]4(C)[C@H]3CC[C@]12C. The van der Waals surface area contributed by atoms with E-state index in [4.69, 9.17) is 4.74 Å².